The van der Waals surface area contributed by atoms with E-state index in [-0.39, 0.29) is 5.91 Å². The lowest BCUT2D eigenvalue weighted by Crippen LogP contribution is -2.10. The molecular formula is C20H20ClN3O. The van der Waals surface area contributed by atoms with E-state index in [1.165, 1.54) is 6.92 Å². The molecule has 4 nitrogen and oxygen atoms in total. The van der Waals surface area contributed by atoms with E-state index in [2.05, 4.69) is 21.7 Å². The van der Waals surface area contributed by atoms with Crippen LogP contribution in [0.4, 0.5) is 11.4 Å². The van der Waals surface area contributed by atoms with E-state index in [9.17, 15) is 4.79 Å². The van der Waals surface area contributed by atoms with Crippen molar-refractivity contribution < 1.29 is 4.79 Å². The molecule has 0 radical (unpaired) electrons. The molecule has 1 aromatic heterocycles. The van der Waals surface area contributed by atoms with E-state index >= 15 is 0 Å². The number of rotatable bonds is 4. The minimum absolute atomic E-state index is 0.0786. The van der Waals surface area contributed by atoms with Crippen LogP contribution in [0.15, 0.2) is 42.5 Å². The zero-order chi connectivity index (χ0) is 18.0. The lowest BCUT2D eigenvalue weighted by molar-refractivity contribution is -0.114. The van der Waals surface area contributed by atoms with E-state index < -0.39 is 0 Å². The van der Waals surface area contributed by atoms with E-state index in [0.29, 0.717) is 11.7 Å². The first kappa shape index (κ1) is 17.2. The van der Waals surface area contributed by atoms with Gasteiger partial charge in [0.2, 0.25) is 5.91 Å². The van der Waals surface area contributed by atoms with Crippen molar-refractivity contribution in [3.8, 4) is 0 Å². The molecule has 3 aromatic rings. The number of hydrogen-bond acceptors (Lipinski definition) is 3. The third kappa shape index (κ3) is 3.74. The van der Waals surface area contributed by atoms with Gasteiger partial charge in [-0.25, -0.2) is 4.98 Å². The van der Waals surface area contributed by atoms with Crippen LogP contribution < -0.4 is 10.6 Å². The molecule has 3 rings (SSSR count). The molecule has 0 saturated heterocycles. The van der Waals surface area contributed by atoms with Crippen molar-refractivity contribution in [2.24, 2.45) is 0 Å². The molecule has 25 heavy (non-hydrogen) atoms. The fraction of sp³-hybridized carbons (Fsp3) is 0.200. The van der Waals surface area contributed by atoms with Gasteiger partial charge in [-0.15, -0.1) is 0 Å². The summed E-state index contributed by atoms with van der Waals surface area (Å²) in [6.45, 7) is 6.03. The van der Waals surface area contributed by atoms with Crippen LogP contribution >= 0.6 is 11.6 Å². The van der Waals surface area contributed by atoms with Gasteiger partial charge in [0, 0.05) is 35.8 Å². The van der Waals surface area contributed by atoms with Gasteiger partial charge in [0.05, 0.1) is 5.52 Å². The highest BCUT2D eigenvalue weighted by Gasteiger charge is 2.10. The molecule has 1 heterocycles. The van der Waals surface area contributed by atoms with Gasteiger partial charge < -0.3 is 10.6 Å². The molecule has 0 bridgehead atoms. The number of benzene rings is 2. The summed E-state index contributed by atoms with van der Waals surface area (Å²) < 4.78 is 0. The van der Waals surface area contributed by atoms with Crippen LogP contribution in [0.5, 0.6) is 0 Å². The third-order valence-corrected chi connectivity index (χ3v) is 4.52. The number of nitrogens with one attached hydrogen (secondary N) is 2. The molecule has 0 unspecified atom stereocenters. The smallest absolute Gasteiger partial charge is 0.221 e. The molecule has 0 saturated carbocycles. The Labute approximate surface area is 152 Å². The third-order valence-electron chi connectivity index (χ3n) is 4.19. The fourth-order valence-electron chi connectivity index (χ4n) is 2.86. The number of amides is 1. The van der Waals surface area contributed by atoms with Gasteiger partial charge in [-0.2, -0.15) is 0 Å². The van der Waals surface area contributed by atoms with Crippen molar-refractivity contribution in [2.45, 2.75) is 27.3 Å². The SMILES string of the molecule is CC(=O)Nc1c(C)ccc(NCc2cc3ccccc3nc2Cl)c1C. The highest BCUT2D eigenvalue weighted by molar-refractivity contribution is 6.30. The number of carbonyl (C=O) groups excluding carboxylic acids is 1. The lowest BCUT2D eigenvalue weighted by Gasteiger charge is -2.16. The molecule has 2 aromatic carbocycles. The second kappa shape index (κ2) is 7.11. The first-order valence-corrected chi connectivity index (χ1v) is 8.49. The van der Waals surface area contributed by atoms with Gasteiger partial charge in [0.1, 0.15) is 5.15 Å². The molecule has 0 spiro atoms. The highest BCUT2D eigenvalue weighted by atomic mass is 35.5. The summed E-state index contributed by atoms with van der Waals surface area (Å²) in [4.78, 5) is 15.9. The Morgan fingerprint density at radius 1 is 1.16 bits per heavy atom. The zero-order valence-electron chi connectivity index (χ0n) is 14.5. The number of fused-ring (bicyclic) bond motifs is 1. The molecule has 0 fully saturated rings. The standard InChI is InChI=1S/C20H20ClN3O/c1-12-8-9-17(13(2)19(12)23-14(3)25)22-11-16-10-15-6-4-5-7-18(15)24-20(16)21/h4-10,22H,11H2,1-3H3,(H,23,25). The van der Waals surface area contributed by atoms with Crippen LogP contribution in [0.25, 0.3) is 10.9 Å². The van der Waals surface area contributed by atoms with E-state index in [0.717, 1.165) is 39.0 Å². The van der Waals surface area contributed by atoms with Crippen LogP contribution in [0.3, 0.4) is 0 Å². The predicted molar refractivity (Wildman–Crippen MR) is 104 cm³/mol. The van der Waals surface area contributed by atoms with E-state index in [4.69, 9.17) is 11.6 Å². The van der Waals surface area contributed by atoms with Crippen LogP contribution in [0.1, 0.15) is 23.6 Å². The molecule has 128 valence electrons. The summed E-state index contributed by atoms with van der Waals surface area (Å²) in [7, 11) is 0. The molecule has 0 aliphatic heterocycles. The summed E-state index contributed by atoms with van der Waals surface area (Å²) in [6, 6.07) is 14.0. The maximum atomic E-state index is 11.4. The minimum atomic E-state index is -0.0786. The molecule has 2 N–H and O–H groups in total. The number of aryl methyl sites for hydroxylation is 1. The normalized spacial score (nSPS) is 10.7. The average Bonchev–Trinajstić information content (AvgIpc) is 2.58. The van der Waals surface area contributed by atoms with Crippen molar-refractivity contribution in [3.63, 3.8) is 0 Å². The first-order valence-electron chi connectivity index (χ1n) is 8.11. The molecule has 0 aliphatic rings. The van der Waals surface area contributed by atoms with Crippen LogP contribution in [-0.4, -0.2) is 10.9 Å². The Morgan fingerprint density at radius 3 is 2.68 bits per heavy atom. The average molecular weight is 354 g/mol. The maximum Gasteiger partial charge on any atom is 0.221 e. The number of anilines is 2. The van der Waals surface area contributed by atoms with Gasteiger partial charge in [-0.05, 0) is 43.2 Å². The topological polar surface area (TPSA) is 54.0 Å². The number of hydrogen-bond donors (Lipinski definition) is 2. The molecule has 1 amide bonds. The monoisotopic (exact) mass is 353 g/mol. The Bertz CT molecular complexity index is 953. The number of halogens is 1. The van der Waals surface area contributed by atoms with Crippen molar-refractivity contribution in [2.75, 3.05) is 10.6 Å². The number of aromatic nitrogens is 1. The van der Waals surface area contributed by atoms with Gasteiger partial charge in [0.15, 0.2) is 0 Å². The molecule has 5 heteroatoms. The Morgan fingerprint density at radius 2 is 1.92 bits per heavy atom. The van der Waals surface area contributed by atoms with E-state index in [1.807, 2.05) is 50.2 Å². The summed E-state index contributed by atoms with van der Waals surface area (Å²) in [6.07, 6.45) is 0. The van der Waals surface area contributed by atoms with Gasteiger partial charge >= 0.3 is 0 Å². The quantitative estimate of drug-likeness (QED) is 0.643. The summed E-state index contributed by atoms with van der Waals surface area (Å²) >= 11 is 6.33. The number of carbonyl (C=O) groups is 1. The van der Waals surface area contributed by atoms with Crippen molar-refractivity contribution in [1.29, 1.82) is 0 Å². The van der Waals surface area contributed by atoms with Crippen LogP contribution in [-0.2, 0) is 11.3 Å². The number of nitrogens with zero attached hydrogens (tertiary/aromatic N) is 1. The zero-order valence-corrected chi connectivity index (χ0v) is 15.2. The summed E-state index contributed by atoms with van der Waals surface area (Å²) in [5, 5.41) is 7.85. The van der Waals surface area contributed by atoms with Crippen LogP contribution in [0.2, 0.25) is 5.15 Å². The lowest BCUT2D eigenvalue weighted by atomic mass is 10.1. The van der Waals surface area contributed by atoms with Crippen molar-refractivity contribution in [3.05, 3.63) is 64.3 Å². The Kier molecular flexibility index (Phi) is 4.91. The fourth-order valence-corrected chi connectivity index (χ4v) is 3.07. The molecule has 0 aliphatic carbocycles. The number of pyridine rings is 1. The molecule has 0 atom stereocenters. The van der Waals surface area contributed by atoms with Crippen molar-refractivity contribution in [1.82, 2.24) is 4.98 Å². The van der Waals surface area contributed by atoms with Crippen LogP contribution in [0, 0.1) is 13.8 Å². The van der Waals surface area contributed by atoms with Gasteiger partial charge in [-0.1, -0.05) is 35.9 Å². The predicted octanol–water partition coefficient (Wildman–Crippen LogP) is 5.08. The first-order chi connectivity index (χ1) is 12.0. The van der Waals surface area contributed by atoms with Gasteiger partial charge in [0.25, 0.3) is 0 Å². The highest BCUT2D eigenvalue weighted by Crippen LogP contribution is 2.28. The Balaban J connectivity index is 1.87. The maximum absolute atomic E-state index is 11.4. The second-order valence-electron chi connectivity index (χ2n) is 6.10. The molecular weight excluding hydrogens is 334 g/mol. The second-order valence-corrected chi connectivity index (χ2v) is 6.45. The number of para-hydroxylation sites is 1. The van der Waals surface area contributed by atoms with Gasteiger partial charge in [-0.3, -0.25) is 4.79 Å². The summed E-state index contributed by atoms with van der Waals surface area (Å²) in [5.41, 5.74) is 5.65. The minimum Gasteiger partial charge on any atom is -0.381 e. The van der Waals surface area contributed by atoms with E-state index in [1.54, 1.807) is 0 Å². The largest absolute Gasteiger partial charge is 0.381 e. The Hall–Kier alpha value is -2.59. The summed E-state index contributed by atoms with van der Waals surface area (Å²) in [5.74, 6) is -0.0786. The van der Waals surface area contributed by atoms with Crippen molar-refractivity contribution >= 4 is 39.8 Å².